The van der Waals surface area contributed by atoms with Crippen LogP contribution < -0.4 is 0 Å². The summed E-state index contributed by atoms with van der Waals surface area (Å²) < 4.78 is 0. The normalized spacial score (nSPS) is 7.58. The first kappa shape index (κ1) is 14.8. The molecule has 0 unspecified atom stereocenters. The van der Waals surface area contributed by atoms with Gasteiger partial charge in [-0.05, 0) is 0 Å². The van der Waals surface area contributed by atoms with Crippen molar-refractivity contribution in [3.63, 3.8) is 0 Å². The van der Waals surface area contributed by atoms with Crippen LogP contribution >= 0.6 is 0 Å². The molecular weight excluding hydrogens is 221 g/mol. The van der Waals surface area contributed by atoms with Gasteiger partial charge in [-0.3, -0.25) is 0 Å². The van der Waals surface area contributed by atoms with Crippen LogP contribution in [-0.4, -0.2) is 0 Å². The van der Waals surface area contributed by atoms with Gasteiger partial charge in [0.1, 0.15) is 0 Å². The molecule has 1 radical (unpaired) electrons. The van der Waals surface area contributed by atoms with Gasteiger partial charge in [0.25, 0.3) is 0 Å². The van der Waals surface area contributed by atoms with E-state index in [4.69, 9.17) is 0 Å². The van der Waals surface area contributed by atoms with Crippen molar-refractivity contribution in [2.75, 3.05) is 0 Å². The Kier molecular flexibility index (Phi) is 14.0. The van der Waals surface area contributed by atoms with Gasteiger partial charge in [0.2, 0.25) is 0 Å². The summed E-state index contributed by atoms with van der Waals surface area (Å²) in [7, 11) is 0. The second-order valence-corrected chi connectivity index (χ2v) is 2.24. The molecule has 0 bridgehead atoms. The summed E-state index contributed by atoms with van der Waals surface area (Å²) in [4.78, 5) is 0. The minimum absolute atomic E-state index is 0. The Bertz CT molecular complexity index is 158. The van der Waals surface area contributed by atoms with Crippen molar-refractivity contribution in [3.05, 3.63) is 49.7 Å². The average molecular weight is 237 g/mol. The van der Waals surface area contributed by atoms with Gasteiger partial charge >= 0.3 is 0 Å². The van der Waals surface area contributed by atoms with E-state index in [0.29, 0.717) is 0 Å². The fourth-order valence-corrected chi connectivity index (χ4v) is 0.645. The Hall–Kier alpha value is 0.324. The molecule has 0 atom stereocenters. The van der Waals surface area contributed by atoms with Crippen molar-refractivity contribution in [1.29, 1.82) is 0 Å². The van der Waals surface area contributed by atoms with Gasteiger partial charge < -0.3 is 13.8 Å². The Morgan fingerprint density at radius 3 is 1.75 bits per heavy atom. The van der Waals surface area contributed by atoms with Crippen LogP contribution in [0.2, 0.25) is 0 Å². The van der Waals surface area contributed by atoms with Crippen molar-refractivity contribution in [3.8, 4) is 0 Å². The molecule has 12 heavy (non-hydrogen) atoms. The zero-order valence-corrected chi connectivity index (χ0v) is 10.6. The summed E-state index contributed by atoms with van der Waals surface area (Å²) in [5.74, 6) is 0. The molecule has 0 aliphatic carbocycles. The fraction of sp³-hybridized carbons (Fsp3) is 0.273. The molecule has 1 aromatic rings. The molecule has 1 aromatic carbocycles. The Morgan fingerprint density at radius 1 is 1.08 bits per heavy atom. The predicted molar refractivity (Wildman–Crippen MR) is 51.2 cm³/mol. The van der Waals surface area contributed by atoms with E-state index in [1.807, 2.05) is 25.1 Å². The number of hydrogen-bond donors (Lipinski definition) is 0. The second kappa shape index (κ2) is 11.3. The van der Waals surface area contributed by atoms with Crippen molar-refractivity contribution in [1.82, 2.24) is 0 Å². The maximum Gasteiger partial charge on any atom is 0 e. The molecule has 0 N–H and O–H groups in total. The fourth-order valence-electron chi connectivity index (χ4n) is 0.645. The van der Waals surface area contributed by atoms with E-state index in [9.17, 15) is 0 Å². The van der Waals surface area contributed by atoms with Crippen LogP contribution in [0.25, 0.3) is 0 Å². The molecule has 0 amide bonds. The first-order chi connectivity index (χ1) is 5.35. The molecule has 0 nitrogen and oxygen atoms in total. The molecule has 0 heterocycles. The third-order valence-corrected chi connectivity index (χ3v) is 1.13. The minimum atomic E-state index is 0. The largest absolute Gasteiger partial charge is 0.344 e. The topological polar surface area (TPSA) is 0 Å². The van der Waals surface area contributed by atoms with E-state index in [1.165, 1.54) is 5.56 Å². The van der Waals surface area contributed by atoms with Crippen molar-refractivity contribution in [2.45, 2.75) is 19.8 Å². The van der Waals surface area contributed by atoms with E-state index < -0.39 is 0 Å². The zero-order valence-electron chi connectivity index (χ0n) is 7.79. The second-order valence-electron chi connectivity index (χ2n) is 2.24. The van der Waals surface area contributed by atoms with Crippen molar-refractivity contribution in [2.24, 2.45) is 0 Å². The van der Waals surface area contributed by atoms with Gasteiger partial charge in [0.05, 0.1) is 0 Å². The van der Waals surface area contributed by atoms with Crippen molar-refractivity contribution >= 4 is 0 Å². The van der Waals surface area contributed by atoms with E-state index >= 15 is 0 Å². The first-order valence-electron chi connectivity index (χ1n) is 3.97. The van der Waals surface area contributed by atoms with E-state index in [1.54, 1.807) is 0 Å². The Morgan fingerprint density at radius 2 is 1.50 bits per heavy atom. The molecular formula is C11H16Y-2. The summed E-state index contributed by atoms with van der Waals surface area (Å²) in [5.41, 5.74) is 1.30. The number of hydrogen-bond acceptors (Lipinski definition) is 0. The quantitative estimate of drug-likeness (QED) is 0.657. The maximum absolute atomic E-state index is 3.76. The summed E-state index contributed by atoms with van der Waals surface area (Å²) in [6.07, 6.45) is 1.89. The molecule has 0 fully saturated rings. The summed E-state index contributed by atoms with van der Waals surface area (Å²) in [6.45, 7) is 9.26. The average Bonchev–Trinajstić information content (AvgIpc) is 2.08. The van der Waals surface area contributed by atoms with Gasteiger partial charge in [-0.1, -0.05) is 42.8 Å². The van der Waals surface area contributed by atoms with Crippen LogP contribution in [0, 0.1) is 13.8 Å². The van der Waals surface area contributed by atoms with Crippen LogP contribution in [0.5, 0.6) is 0 Å². The van der Waals surface area contributed by atoms with Crippen LogP contribution in [0.3, 0.4) is 0 Å². The summed E-state index contributed by atoms with van der Waals surface area (Å²) in [6, 6.07) is 10.2. The summed E-state index contributed by atoms with van der Waals surface area (Å²) >= 11 is 0. The summed E-state index contributed by atoms with van der Waals surface area (Å²) in [5, 5.41) is 0. The van der Waals surface area contributed by atoms with Gasteiger partial charge in [-0.2, -0.15) is 12.8 Å². The van der Waals surface area contributed by atoms with E-state index in [0.717, 1.165) is 12.8 Å². The van der Waals surface area contributed by atoms with E-state index in [2.05, 4.69) is 26.0 Å². The van der Waals surface area contributed by atoms with E-state index in [-0.39, 0.29) is 32.7 Å². The standard InChI is InChI=1S/C8H9.C3H7.Y/c1-2-8-6-4-3-5-7-8;1-3-2;/h3-7H,1-2H2;1,3H2,2H3;/q2*-1;. The third kappa shape index (κ3) is 8.42. The molecule has 0 saturated heterocycles. The molecule has 0 saturated carbocycles. The predicted octanol–water partition coefficient (Wildman–Crippen LogP) is 3.29. The molecule has 0 aliphatic heterocycles. The molecule has 65 valence electrons. The Balaban J connectivity index is 0. The Labute approximate surface area is 102 Å². The number of rotatable bonds is 1. The molecule has 0 aliphatic rings. The van der Waals surface area contributed by atoms with Gasteiger partial charge in [0.15, 0.2) is 0 Å². The van der Waals surface area contributed by atoms with Crippen LogP contribution in [0.1, 0.15) is 18.9 Å². The molecule has 0 aromatic heterocycles. The van der Waals surface area contributed by atoms with Crippen LogP contribution in [0.15, 0.2) is 30.3 Å². The maximum atomic E-state index is 3.76. The third-order valence-electron chi connectivity index (χ3n) is 1.13. The molecule has 0 spiro atoms. The van der Waals surface area contributed by atoms with Crippen LogP contribution in [0.4, 0.5) is 0 Å². The van der Waals surface area contributed by atoms with Gasteiger partial charge in [-0.15, -0.1) is 0 Å². The molecule has 1 rings (SSSR count). The van der Waals surface area contributed by atoms with Crippen molar-refractivity contribution < 1.29 is 32.7 Å². The molecule has 1 heteroatoms. The zero-order chi connectivity index (χ0) is 8.53. The van der Waals surface area contributed by atoms with Gasteiger partial charge in [0, 0.05) is 32.7 Å². The first-order valence-corrected chi connectivity index (χ1v) is 3.97. The van der Waals surface area contributed by atoms with Crippen LogP contribution in [-0.2, 0) is 39.1 Å². The monoisotopic (exact) mass is 237 g/mol. The minimum Gasteiger partial charge on any atom is -0.344 e. The SMILES string of the molecule is [CH2-]CC.[CH2-]Cc1ccccc1.[Y]. The number of benzene rings is 1. The van der Waals surface area contributed by atoms with Gasteiger partial charge in [-0.25, -0.2) is 0 Å². The smallest absolute Gasteiger partial charge is 0 e.